The maximum Gasteiger partial charge on any atom is 0.349 e. The van der Waals surface area contributed by atoms with E-state index >= 15 is 0 Å². The second-order valence-corrected chi connectivity index (χ2v) is 4.85. The Hall–Kier alpha value is -2.24. The predicted molar refractivity (Wildman–Crippen MR) is 71.6 cm³/mol. The van der Waals surface area contributed by atoms with E-state index in [1.807, 2.05) is 0 Å². The summed E-state index contributed by atoms with van der Waals surface area (Å²) in [6.07, 6.45) is 0. The highest BCUT2D eigenvalue weighted by atomic mass is 16.6. The first kappa shape index (κ1) is 14.2. The van der Waals surface area contributed by atoms with E-state index in [-0.39, 0.29) is 23.8 Å². The molecule has 6 nitrogen and oxygen atoms in total. The summed E-state index contributed by atoms with van der Waals surface area (Å²) in [5.41, 5.74) is -1.43. The van der Waals surface area contributed by atoms with Gasteiger partial charge in [-0.05, 0) is 25.0 Å². The van der Waals surface area contributed by atoms with Crippen LogP contribution in [-0.4, -0.2) is 29.2 Å². The Kier molecular flexibility index (Phi) is 3.57. The van der Waals surface area contributed by atoms with Gasteiger partial charge in [0.1, 0.15) is 11.4 Å². The Morgan fingerprint density at radius 3 is 2.80 bits per heavy atom. The number of rotatable bonds is 3. The van der Waals surface area contributed by atoms with E-state index in [1.165, 1.54) is 12.1 Å². The van der Waals surface area contributed by atoms with E-state index in [0.717, 1.165) is 0 Å². The number of nitrogens with one attached hydrogen (secondary N) is 1. The van der Waals surface area contributed by atoms with Gasteiger partial charge in [0.15, 0.2) is 5.75 Å². The highest BCUT2D eigenvalue weighted by Crippen LogP contribution is 2.42. The van der Waals surface area contributed by atoms with E-state index in [1.54, 1.807) is 26.8 Å². The van der Waals surface area contributed by atoms with Crippen LogP contribution in [0.4, 0.5) is 5.69 Å². The Labute approximate surface area is 116 Å². The molecule has 0 saturated heterocycles. The van der Waals surface area contributed by atoms with Crippen molar-refractivity contribution in [1.82, 2.24) is 0 Å². The van der Waals surface area contributed by atoms with Crippen LogP contribution in [0.1, 0.15) is 20.8 Å². The Morgan fingerprint density at radius 2 is 2.20 bits per heavy atom. The number of ether oxygens (including phenoxy) is 2. The van der Waals surface area contributed by atoms with Crippen molar-refractivity contribution in [2.45, 2.75) is 26.3 Å². The molecule has 2 rings (SSSR count). The zero-order valence-corrected chi connectivity index (χ0v) is 11.6. The SMILES string of the molecule is CCOC(=O)C1(C(C)C)Nc2c(O)cccc2OC1=O. The average molecular weight is 279 g/mol. The minimum absolute atomic E-state index is 0.0932. The van der Waals surface area contributed by atoms with Crippen LogP contribution >= 0.6 is 0 Å². The van der Waals surface area contributed by atoms with E-state index in [9.17, 15) is 14.7 Å². The van der Waals surface area contributed by atoms with Crippen LogP contribution in [0.15, 0.2) is 18.2 Å². The van der Waals surface area contributed by atoms with Crippen molar-refractivity contribution in [1.29, 1.82) is 0 Å². The van der Waals surface area contributed by atoms with Gasteiger partial charge in [-0.1, -0.05) is 19.9 Å². The molecule has 108 valence electrons. The van der Waals surface area contributed by atoms with E-state index < -0.39 is 23.4 Å². The lowest BCUT2D eigenvalue weighted by molar-refractivity contribution is -0.160. The van der Waals surface area contributed by atoms with Crippen molar-refractivity contribution >= 4 is 17.6 Å². The number of benzene rings is 1. The van der Waals surface area contributed by atoms with Crippen LogP contribution in [-0.2, 0) is 14.3 Å². The molecule has 0 bridgehead atoms. The van der Waals surface area contributed by atoms with Crippen molar-refractivity contribution in [3.63, 3.8) is 0 Å². The summed E-state index contributed by atoms with van der Waals surface area (Å²) in [6, 6.07) is 4.53. The summed E-state index contributed by atoms with van der Waals surface area (Å²) in [5.74, 6) is -1.76. The zero-order chi connectivity index (χ0) is 14.9. The maximum absolute atomic E-state index is 12.3. The smallest absolute Gasteiger partial charge is 0.349 e. The summed E-state index contributed by atoms with van der Waals surface area (Å²) in [4.78, 5) is 24.5. The molecular formula is C14H17NO5. The van der Waals surface area contributed by atoms with Crippen LogP contribution in [0.3, 0.4) is 0 Å². The minimum Gasteiger partial charge on any atom is -0.506 e. The number of fused-ring (bicyclic) bond motifs is 1. The summed E-state index contributed by atoms with van der Waals surface area (Å²) in [5, 5.41) is 12.7. The number of hydrogen-bond donors (Lipinski definition) is 2. The third-order valence-electron chi connectivity index (χ3n) is 3.31. The first-order chi connectivity index (χ1) is 9.43. The molecule has 1 heterocycles. The molecule has 0 spiro atoms. The molecule has 0 aliphatic carbocycles. The van der Waals surface area contributed by atoms with Crippen LogP contribution in [0, 0.1) is 5.92 Å². The van der Waals surface area contributed by atoms with Crippen LogP contribution < -0.4 is 10.1 Å². The second kappa shape index (κ2) is 5.03. The first-order valence-electron chi connectivity index (χ1n) is 6.43. The van der Waals surface area contributed by atoms with Gasteiger partial charge in [0.2, 0.25) is 5.54 Å². The van der Waals surface area contributed by atoms with Crippen LogP contribution in [0.25, 0.3) is 0 Å². The van der Waals surface area contributed by atoms with Crippen molar-refractivity contribution < 1.29 is 24.2 Å². The zero-order valence-electron chi connectivity index (χ0n) is 11.6. The van der Waals surface area contributed by atoms with Crippen LogP contribution in [0.2, 0.25) is 0 Å². The topological polar surface area (TPSA) is 84.9 Å². The molecule has 6 heteroatoms. The number of esters is 2. The van der Waals surface area contributed by atoms with E-state index in [0.29, 0.717) is 0 Å². The fourth-order valence-corrected chi connectivity index (χ4v) is 2.15. The molecule has 0 radical (unpaired) electrons. The molecule has 1 aliphatic heterocycles. The van der Waals surface area contributed by atoms with Gasteiger partial charge in [0.25, 0.3) is 0 Å². The van der Waals surface area contributed by atoms with Crippen molar-refractivity contribution in [3.05, 3.63) is 18.2 Å². The monoisotopic (exact) mass is 279 g/mol. The molecule has 0 aromatic heterocycles. The van der Waals surface area contributed by atoms with Gasteiger partial charge in [-0.25, -0.2) is 9.59 Å². The summed E-state index contributed by atoms with van der Waals surface area (Å²) < 4.78 is 10.2. The van der Waals surface area contributed by atoms with Gasteiger partial charge in [-0.3, -0.25) is 0 Å². The predicted octanol–water partition coefficient (Wildman–Crippen LogP) is 1.68. The molecule has 1 aliphatic rings. The van der Waals surface area contributed by atoms with Crippen LogP contribution in [0.5, 0.6) is 11.5 Å². The number of carbonyl (C=O) groups is 2. The molecule has 2 N–H and O–H groups in total. The second-order valence-electron chi connectivity index (χ2n) is 4.85. The Balaban J connectivity index is 2.52. The third kappa shape index (κ3) is 1.97. The van der Waals surface area contributed by atoms with Gasteiger partial charge >= 0.3 is 11.9 Å². The van der Waals surface area contributed by atoms with Gasteiger partial charge in [-0.15, -0.1) is 0 Å². The largest absolute Gasteiger partial charge is 0.506 e. The molecule has 1 unspecified atom stereocenters. The van der Waals surface area contributed by atoms with Gasteiger partial charge in [0.05, 0.1) is 6.61 Å². The Morgan fingerprint density at radius 1 is 1.50 bits per heavy atom. The number of hydrogen-bond acceptors (Lipinski definition) is 6. The molecule has 1 aromatic carbocycles. The minimum atomic E-state index is -1.65. The maximum atomic E-state index is 12.3. The van der Waals surface area contributed by atoms with Gasteiger partial charge in [-0.2, -0.15) is 0 Å². The molecule has 0 saturated carbocycles. The fraction of sp³-hybridized carbons (Fsp3) is 0.429. The number of anilines is 1. The normalized spacial score (nSPS) is 20.9. The quantitative estimate of drug-likeness (QED) is 0.379. The van der Waals surface area contributed by atoms with Crippen molar-refractivity contribution in [2.75, 3.05) is 11.9 Å². The standard InChI is InChI=1S/C14H17NO5/c1-4-19-12(17)14(8(2)3)13(18)20-10-7-5-6-9(16)11(10)15-14/h5-8,15-16H,4H2,1-3H3. The summed E-state index contributed by atoms with van der Waals surface area (Å²) in [7, 11) is 0. The van der Waals surface area contributed by atoms with Gasteiger partial charge < -0.3 is 19.9 Å². The Bertz CT molecular complexity index is 554. The highest BCUT2D eigenvalue weighted by molar-refractivity contribution is 6.11. The van der Waals surface area contributed by atoms with Crippen molar-refractivity contribution in [3.8, 4) is 11.5 Å². The van der Waals surface area contributed by atoms with E-state index in [2.05, 4.69) is 5.32 Å². The fourth-order valence-electron chi connectivity index (χ4n) is 2.15. The number of phenolic OH excluding ortho intramolecular Hbond substituents is 1. The number of aromatic hydroxyl groups is 1. The van der Waals surface area contributed by atoms with Gasteiger partial charge in [0, 0.05) is 0 Å². The van der Waals surface area contributed by atoms with Crippen molar-refractivity contribution in [2.24, 2.45) is 5.92 Å². The first-order valence-corrected chi connectivity index (χ1v) is 6.43. The lowest BCUT2D eigenvalue weighted by atomic mass is 9.84. The summed E-state index contributed by atoms with van der Waals surface area (Å²) in [6.45, 7) is 5.22. The summed E-state index contributed by atoms with van der Waals surface area (Å²) >= 11 is 0. The third-order valence-corrected chi connectivity index (χ3v) is 3.31. The molecule has 1 aromatic rings. The molecule has 20 heavy (non-hydrogen) atoms. The number of para-hydroxylation sites is 1. The molecule has 1 atom stereocenters. The van der Waals surface area contributed by atoms with E-state index in [4.69, 9.17) is 9.47 Å². The average Bonchev–Trinajstić information content (AvgIpc) is 2.38. The number of phenols is 1. The molecule has 0 fully saturated rings. The molecule has 0 amide bonds. The highest BCUT2D eigenvalue weighted by Gasteiger charge is 2.55. The molecular weight excluding hydrogens is 262 g/mol. The number of carbonyl (C=O) groups excluding carboxylic acids is 2. The lowest BCUT2D eigenvalue weighted by Crippen LogP contribution is -2.61. The lowest BCUT2D eigenvalue weighted by Gasteiger charge is -2.38.